The van der Waals surface area contributed by atoms with Gasteiger partial charge in [0.1, 0.15) is 5.75 Å². The number of nitrogens with one attached hydrogen (secondary N) is 1. The molecule has 0 aliphatic carbocycles. The van der Waals surface area contributed by atoms with Crippen LogP contribution in [0.15, 0.2) is 64.1 Å². The van der Waals surface area contributed by atoms with Crippen molar-refractivity contribution in [2.24, 2.45) is 5.10 Å². The Hall–Kier alpha value is -3.00. The molecule has 2 heterocycles. The molecule has 0 spiro atoms. The van der Waals surface area contributed by atoms with Gasteiger partial charge in [0.05, 0.1) is 5.92 Å². The summed E-state index contributed by atoms with van der Waals surface area (Å²) in [5, 5.41) is 12.0. The van der Waals surface area contributed by atoms with Crippen molar-refractivity contribution >= 4 is 14.9 Å². The van der Waals surface area contributed by atoms with Gasteiger partial charge in [-0.2, -0.15) is 5.10 Å². The van der Waals surface area contributed by atoms with Crippen LogP contribution in [0.3, 0.4) is 0 Å². The predicted molar refractivity (Wildman–Crippen MR) is 102 cm³/mol. The molecule has 1 aliphatic rings. The van der Waals surface area contributed by atoms with Gasteiger partial charge in [-0.15, -0.1) is 10.2 Å². The number of nitrogens with zero attached hydrogens (tertiary/aromatic N) is 3. The third kappa shape index (κ3) is 3.61. The number of hydrazone groups is 1. The molecule has 27 heavy (non-hydrogen) atoms. The highest BCUT2D eigenvalue weighted by molar-refractivity contribution is 8.05. The molecule has 0 amide bonds. The van der Waals surface area contributed by atoms with E-state index in [1.54, 1.807) is 0 Å². The molecule has 7 nitrogen and oxygen atoms in total. The molecule has 1 unspecified atom stereocenters. The maximum absolute atomic E-state index is 12.9. The third-order valence-electron chi connectivity index (χ3n) is 4.38. The molecule has 0 bridgehead atoms. The fourth-order valence-electron chi connectivity index (χ4n) is 2.97. The highest BCUT2D eigenvalue weighted by Crippen LogP contribution is 2.26. The van der Waals surface area contributed by atoms with Crippen molar-refractivity contribution in [3.63, 3.8) is 0 Å². The SMILES string of the molecule is Cc1ccc(-c2nnc(CS(=O)(=O)C3=NNCC3c3ccccc3)o2)cc1. The van der Waals surface area contributed by atoms with E-state index in [1.165, 1.54) is 0 Å². The molecular formula is C19H18N4O3S. The smallest absolute Gasteiger partial charge is 0.247 e. The molecule has 3 aromatic rings. The van der Waals surface area contributed by atoms with Gasteiger partial charge in [-0.3, -0.25) is 0 Å². The van der Waals surface area contributed by atoms with E-state index < -0.39 is 9.84 Å². The summed E-state index contributed by atoms with van der Waals surface area (Å²) in [6.07, 6.45) is 0. The van der Waals surface area contributed by atoms with Crippen LogP contribution in [0.25, 0.3) is 11.5 Å². The molecule has 8 heteroatoms. The summed E-state index contributed by atoms with van der Waals surface area (Å²) in [6.45, 7) is 2.42. The lowest BCUT2D eigenvalue weighted by Gasteiger charge is -2.11. The number of aromatic nitrogens is 2. The van der Waals surface area contributed by atoms with Crippen molar-refractivity contribution in [3.05, 3.63) is 71.6 Å². The zero-order valence-electron chi connectivity index (χ0n) is 14.7. The number of hydrogen-bond donors (Lipinski definition) is 1. The fraction of sp³-hybridized carbons (Fsp3) is 0.211. The summed E-state index contributed by atoms with van der Waals surface area (Å²) in [6, 6.07) is 17.0. The number of benzene rings is 2. The second-order valence-corrected chi connectivity index (χ2v) is 8.34. The van der Waals surface area contributed by atoms with Crippen molar-refractivity contribution in [2.75, 3.05) is 6.54 Å². The van der Waals surface area contributed by atoms with Crippen LogP contribution < -0.4 is 5.43 Å². The van der Waals surface area contributed by atoms with E-state index in [-0.39, 0.29) is 22.6 Å². The van der Waals surface area contributed by atoms with Gasteiger partial charge >= 0.3 is 0 Å². The Labute approximate surface area is 157 Å². The first-order valence-electron chi connectivity index (χ1n) is 8.50. The highest BCUT2D eigenvalue weighted by atomic mass is 32.2. The van der Waals surface area contributed by atoms with Crippen LogP contribution in [-0.2, 0) is 15.6 Å². The minimum Gasteiger partial charge on any atom is -0.420 e. The molecule has 1 N–H and O–H groups in total. The lowest BCUT2D eigenvalue weighted by Crippen LogP contribution is -2.23. The zero-order chi connectivity index (χ0) is 18.9. The lowest BCUT2D eigenvalue weighted by atomic mass is 10.0. The molecule has 0 fully saturated rings. The minimum absolute atomic E-state index is 0.0481. The van der Waals surface area contributed by atoms with Crippen molar-refractivity contribution in [1.82, 2.24) is 15.6 Å². The molecule has 0 saturated heterocycles. The largest absolute Gasteiger partial charge is 0.420 e. The summed E-state index contributed by atoms with van der Waals surface area (Å²) in [5.41, 5.74) is 5.55. The molecule has 0 radical (unpaired) electrons. The molecular weight excluding hydrogens is 364 g/mol. The molecule has 0 saturated carbocycles. The number of aryl methyl sites for hydroxylation is 1. The summed E-state index contributed by atoms with van der Waals surface area (Å²) in [5.74, 6) is -0.357. The highest BCUT2D eigenvalue weighted by Gasteiger charge is 2.34. The van der Waals surface area contributed by atoms with E-state index >= 15 is 0 Å². The van der Waals surface area contributed by atoms with Gasteiger partial charge < -0.3 is 9.84 Å². The first-order chi connectivity index (χ1) is 13.0. The van der Waals surface area contributed by atoms with Gasteiger partial charge in [0.15, 0.2) is 5.04 Å². The Bertz CT molecular complexity index is 1070. The van der Waals surface area contributed by atoms with Crippen LogP contribution in [0, 0.1) is 6.92 Å². The van der Waals surface area contributed by atoms with Crippen LogP contribution in [0.1, 0.15) is 22.9 Å². The van der Waals surface area contributed by atoms with E-state index in [0.717, 1.165) is 16.7 Å². The van der Waals surface area contributed by atoms with Crippen molar-refractivity contribution in [1.29, 1.82) is 0 Å². The summed E-state index contributed by atoms with van der Waals surface area (Å²) in [7, 11) is -3.69. The molecule has 1 aliphatic heterocycles. The molecule has 4 rings (SSSR count). The van der Waals surface area contributed by atoms with Crippen LogP contribution in [0.5, 0.6) is 0 Å². The van der Waals surface area contributed by atoms with Crippen LogP contribution in [0.4, 0.5) is 0 Å². The number of rotatable bonds is 4. The summed E-state index contributed by atoms with van der Waals surface area (Å²) >= 11 is 0. The molecule has 138 valence electrons. The van der Waals surface area contributed by atoms with Crippen LogP contribution >= 0.6 is 0 Å². The van der Waals surface area contributed by atoms with Gasteiger partial charge in [-0.25, -0.2) is 8.42 Å². The Balaban J connectivity index is 1.56. The average Bonchev–Trinajstić information content (AvgIpc) is 3.33. The maximum Gasteiger partial charge on any atom is 0.247 e. The van der Waals surface area contributed by atoms with Gasteiger partial charge in [-0.05, 0) is 24.6 Å². The molecule has 1 atom stereocenters. The van der Waals surface area contributed by atoms with Crippen molar-refractivity contribution in [2.45, 2.75) is 18.6 Å². The zero-order valence-corrected chi connectivity index (χ0v) is 15.5. The van der Waals surface area contributed by atoms with Gasteiger partial charge in [0.25, 0.3) is 0 Å². The summed E-state index contributed by atoms with van der Waals surface area (Å²) in [4.78, 5) is 0. The number of hydrogen-bond acceptors (Lipinski definition) is 7. The van der Waals surface area contributed by atoms with E-state index in [4.69, 9.17) is 4.42 Å². The Kier molecular flexibility index (Phi) is 4.49. The van der Waals surface area contributed by atoms with Gasteiger partial charge in [-0.1, -0.05) is 48.0 Å². The maximum atomic E-state index is 12.9. The first-order valence-corrected chi connectivity index (χ1v) is 10.2. The van der Waals surface area contributed by atoms with Crippen LogP contribution in [0.2, 0.25) is 0 Å². The van der Waals surface area contributed by atoms with Gasteiger partial charge in [0.2, 0.25) is 21.6 Å². The van der Waals surface area contributed by atoms with Crippen LogP contribution in [-0.4, -0.2) is 30.2 Å². The number of sulfone groups is 1. The topological polar surface area (TPSA) is 97.5 Å². The van der Waals surface area contributed by atoms with E-state index in [9.17, 15) is 8.42 Å². The first kappa shape index (κ1) is 17.4. The Morgan fingerprint density at radius 1 is 1.07 bits per heavy atom. The van der Waals surface area contributed by atoms with Gasteiger partial charge in [0, 0.05) is 12.1 Å². The van der Waals surface area contributed by atoms with Crippen molar-refractivity contribution in [3.8, 4) is 11.5 Å². The second kappa shape index (κ2) is 6.96. The lowest BCUT2D eigenvalue weighted by molar-refractivity contribution is 0.520. The minimum atomic E-state index is -3.69. The van der Waals surface area contributed by atoms with E-state index in [2.05, 4.69) is 20.7 Å². The predicted octanol–water partition coefficient (Wildman–Crippen LogP) is 2.66. The summed E-state index contributed by atoms with van der Waals surface area (Å²) < 4.78 is 31.3. The quantitative estimate of drug-likeness (QED) is 0.745. The second-order valence-electron chi connectivity index (χ2n) is 6.40. The molecule has 1 aromatic heterocycles. The monoisotopic (exact) mass is 382 g/mol. The Morgan fingerprint density at radius 3 is 2.56 bits per heavy atom. The Morgan fingerprint density at radius 2 is 1.81 bits per heavy atom. The normalized spacial score (nSPS) is 16.8. The molecule has 2 aromatic carbocycles. The third-order valence-corrected chi connectivity index (χ3v) is 6.02. The van der Waals surface area contributed by atoms with Crippen molar-refractivity contribution < 1.29 is 12.8 Å². The van der Waals surface area contributed by atoms with E-state index in [1.807, 2.05) is 61.5 Å². The van der Waals surface area contributed by atoms with E-state index in [0.29, 0.717) is 12.4 Å². The average molecular weight is 382 g/mol. The standard InChI is InChI=1S/C19H18N4O3S/c1-13-7-9-15(10-8-13)18-22-21-17(26-18)12-27(24,25)19-16(11-20-23-19)14-5-3-2-4-6-14/h2-10,16,20H,11-12H2,1H3. The fourth-order valence-corrected chi connectivity index (χ4v) is 4.42.